The summed E-state index contributed by atoms with van der Waals surface area (Å²) < 4.78 is 33.6. The van der Waals surface area contributed by atoms with Crippen LogP contribution in [0.1, 0.15) is 19.3 Å². The van der Waals surface area contributed by atoms with Crippen molar-refractivity contribution in [3.8, 4) is 0 Å². The largest absolute Gasteiger partial charge is 0.481 e. The van der Waals surface area contributed by atoms with Crippen LogP contribution in [-0.4, -0.2) is 57.4 Å². The lowest BCUT2D eigenvalue weighted by atomic mass is 10.3. The van der Waals surface area contributed by atoms with Gasteiger partial charge in [0.1, 0.15) is 0 Å². The smallest absolute Gasteiger partial charge is 0.332 e. The second kappa shape index (κ2) is 10.3. The van der Waals surface area contributed by atoms with Crippen LogP contribution in [0.25, 0.3) is 0 Å². The monoisotopic (exact) mass is 342 g/mol. The highest BCUT2D eigenvalue weighted by Gasteiger charge is 2.34. The maximum Gasteiger partial charge on any atom is 0.332 e. The van der Waals surface area contributed by atoms with Gasteiger partial charge in [0.2, 0.25) is 0 Å². The van der Waals surface area contributed by atoms with Crippen molar-refractivity contribution in [2.45, 2.75) is 24.5 Å². The minimum absolute atomic E-state index is 0.296. The Hall–Kier alpha value is -2.47. The van der Waals surface area contributed by atoms with Crippen molar-refractivity contribution in [1.29, 1.82) is 0 Å². The van der Waals surface area contributed by atoms with Gasteiger partial charge in [0, 0.05) is 0 Å². The molecule has 0 fully saturated rings. The van der Waals surface area contributed by atoms with E-state index in [-0.39, 0.29) is 12.8 Å². The summed E-state index contributed by atoms with van der Waals surface area (Å²) in [7, 11) is -4.78. The lowest BCUT2D eigenvalue weighted by molar-refractivity contribution is -0.143. The van der Waals surface area contributed by atoms with E-state index in [1.54, 1.807) is 0 Å². The Bertz CT molecular complexity index is 519. The molecule has 0 aromatic carbocycles. The van der Waals surface area contributed by atoms with Crippen molar-refractivity contribution in [3.63, 3.8) is 0 Å². The van der Waals surface area contributed by atoms with E-state index in [9.17, 15) is 27.6 Å². The molecule has 0 aliphatic rings. The van der Waals surface area contributed by atoms with Gasteiger partial charge in [-0.25, -0.2) is 0 Å². The van der Waals surface area contributed by atoms with Gasteiger partial charge in [-0.2, -0.15) is 8.42 Å². The van der Waals surface area contributed by atoms with E-state index in [2.05, 4.69) is 11.3 Å². The van der Waals surface area contributed by atoms with Crippen molar-refractivity contribution in [2.75, 3.05) is 0 Å². The van der Waals surface area contributed by atoms with Gasteiger partial charge >= 0.3 is 23.9 Å². The van der Waals surface area contributed by atoms with E-state index in [4.69, 9.17) is 19.9 Å². The fourth-order valence-electron chi connectivity index (χ4n) is 0.841. The molecule has 0 aromatic heterocycles. The van der Waals surface area contributed by atoms with Crippen molar-refractivity contribution in [1.82, 2.24) is 0 Å². The molecule has 0 radical (unpaired) electrons. The molecule has 0 aromatic rings. The van der Waals surface area contributed by atoms with Crippen LogP contribution in [0.4, 0.5) is 0 Å². The lowest BCUT2D eigenvalue weighted by Crippen LogP contribution is -2.33. The minimum Gasteiger partial charge on any atom is -0.481 e. The first-order valence-electron chi connectivity index (χ1n) is 5.34. The van der Waals surface area contributed by atoms with E-state index >= 15 is 0 Å². The van der Waals surface area contributed by atoms with Gasteiger partial charge in [-0.05, 0) is 0 Å². The fraction of sp³-hybridized carbons (Fsp3) is 0.400. The molecular formula is C10H14O11S. The van der Waals surface area contributed by atoms with Gasteiger partial charge in [-0.15, -0.1) is 0 Å². The average molecular weight is 342 g/mol. The molecule has 12 heteroatoms. The number of carbonyl (C=O) groups is 4. The van der Waals surface area contributed by atoms with E-state index < -0.39 is 45.7 Å². The summed E-state index contributed by atoms with van der Waals surface area (Å²) in [6.45, 7) is 2.98. The summed E-state index contributed by atoms with van der Waals surface area (Å²) in [5, 5.41) is 21.9. The Morgan fingerprint density at radius 2 is 1.41 bits per heavy atom. The van der Waals surface area contributed by atoms with Crippen LogP contribution in [0.3, 0.4) is 0 Å². The Labute approximate surface area is 124 Å². The molecule has 22 heavy (non-hydrogen) atoms. The van der Waals surface area contributed by atoms with Gasteiger partial charge < -0.3 is 20.1 Å². The molecule has 0 spiro atoms. The van der Waals surface area contributed by atoms with Crippen LogP contribution in [0.2, 0.25) is 0 Å². The summed E-state index contributed by atoms with van der Waals surface area (Å²) in [6.07, 6.45) is -1.02. The Balaban J connectivity index is 0. The van der Waals surface area contributed by atoms with Crippen LogP contribution in [0, 0.1) is 0 Å². The van der Waals surface area contributed by atoms with Crippen LogP contribution in [-0.2, 0) is 34.0 Å². The fourth-order valence-corrected chi connectivity index (χ4v) is 1.49. The molecule has 1 unspecified atom stereocenters. The van der Waals surface area contributed by atoms with Crippen molar-refractivity contribution >= 4 is 34.0 Å². The zero-order valence-corrected chi connectivity index (χ0v) is 11.9. The molecule has 0 saturated heterocycles. The van der Waals surface area contributed by atoms with Gasteiger partial charge in [0.15, 0.2) is 5.25 Å². The molecule has 0 aliphatic heterocycles. The molecule has 126 valence electrons. The molecule has 1 atom stereocenters. The molecule has 0 amide bonds. The number of aliphatic carboxylic acids is 3. The third-order valence-electron chi connectivity index (χ3n) is 1.73. The van der Waals surface area contributed by atoms with Crippen molar-refractivity contribution in [2.24, 2.45) is 0 Å². The summed E-state index contributed by atoms with van der Waals surface area (Å²) in [5.74, 6) is -5.08. The van der Waals surface area contributed by atoms with Crippen molar-refractivity contribution < 1.29 is 52.2 Å². The molecule has 0 saturated carbocycles. The molecule has 0 rings (SSSR count). The quantitative estimate of drug-likeness (QED) is 0.248. The molecule has 11 nitrogen and oxygen atoms in total. The first-order valence-corrected chi connectivity index (χ1v) is 6.85. The summed E-state index contributed by atoms with van der Waals surface area (Å²) in [4.78, 5) is 40.3. The number of carbonyl (C=O) groups excluding carboxylic acids is 1. The van der Waals surface area contributed by atoms with Crippen LogP contribution in [0.5, 0.6) is 0 Å². The van der Waals surface area contributed by atoms with Crippen LogP contribution >= 0.6 is 0 Å². The third kappa shape index (κ3) is 12.6. The lowest BCUT2D eigenvalue weighted by Gasteiger charge is -2.08. The van der Waals surface area contributed by atoms with Gasteiger partial charge in [0.05, 0.1) is 25.5 Å². The molecular weight excluding hydrogens is 328 g/mol. The molecule has 0 heterocycles. The van der Waals surface area contributed by atoms with E-state index in [0.717, 1.165) is 0 Å². The molecule has 0 bridgehead atoms. The van der Waals surface area contributed by atoms with Gasteiger partial charge in [-0.1, -0.05) is 6.58 Å². The summed E-state index contributed by atoms with van der Waals surface area (Å²) in [5.41, 5.74) is 0. The van der Waals surface area contributed by atoms with E-state index in [0.29, 0.717) is 6.26 Å². The second-order valence-corrected chi connectivity index (χ2v) is 5.09. The SMILES string of the molecule is C=COC(=O)C(CC(=O)O)S(=O)(=O)O.O=C(O)CCC(=O)O. The molecule has 0 aliphatic carbocycles. The van der Waals surface area contributed by atoms with E-state index in [1.165, 1.54) is 0 Å². The summed E-state index contributed by atoms with van der Waals surface area (Å²) in [6, 6.07) is 0. The first kappa shape index (κ1) is 21.8. The Morgan fingerprint density at radius 3 is 1.64 bits per heavy atom. The maximum absolute atomic E-state index is 10.8. The number of ether oxygens (including phenoxy) is 1. The number of hydrogen-bond donors (Lipinski definition) is 4. The number of carboxylic acids is 3. The standard InChI is InChI=1S/C6H8O7S.C4H6O4/c1-2-13-6(9)4(3-5(7)8)14(10,11)12;5-3(6)1-2-4(7)8/h2,4H,1,3H2,(H,7,8)(H,10,11,12);1-2H2,(H,5,6)(H,7,8). The maximum atomic E-state index is 10.8. The first-order chi connectivity index (χ1) is 9.91. The predicted molar refractivity (Wildman–Crippen MR) is 68.4 cm³/mol. The Kier molecular flexibility index (Phi) is 10.2. The zero-order chi connectivity index (χ0) is 17.9. The average Bonchev–Trinajstić information content (AvgIpc) is 2.33. The highest BCUT2D eigenvalue weighted by atomic mass is 32.2. The highest BCUT2D eigenvalue weighted by Crippen LogP contribution is 2.07. The topological polar surface area (TPSA) is 193 Å². The Morgan fingerprint density at radius 1 is 1.00 bits per heavy atom. The molecule has 4 N–H and O–H groups in total. The number of hydrogen-bond acceptors (Lipinski definition) is 7. The third-order valence-corrected chi connectivity index (χ3v) is 2.81. The number of esters is 1. The number of rotatable bonds is 8. The van der Waals surface area contributed by atoms with Crippen molar-refractivity contribution in [3.05, 3.63) is 12.8 Å². The normalized spacial score (nSPS) is 11.3. The highest BCUT2D eigenvalue weighted by molar-refractivity contribution is 7.87. The van der Waals surface area contributed by atoms with Gasteiger partial charge in [0.25, 0.3) is 10.1 Å². The zero-order valence-electron chi connectivity index (χ0n) is 11.0. The number of carboxylic acid groups (broad SMARTS) is 3. The second-order valence-electron chi connectivity index (χ2n) is 3.49. The predicted octanol–water partition coefficient (Wildman–Crippen LogP) is -0.660. The van der Waals surface area contributed by atoms with Crippen LogP contribution in [0.15, 0.2) is 12.8 Å². The minimum atomic E-state index is -4.78. The van der Waals surface area contributed by atoms with Gasteiger partial charge in [-0.3, -0.25) is 23.7 Å². The van der Waals surface area contributed by atoms with E-state index in [1.807, 2.05) is 0 Å². The van der Waals surface area contributed by atoms with Crippen LogP contribution < -0.4 is 0 Å². The summed E-state index contributed by atoms with van der Waals surface area (Å²) >= 11 is 0.